The molecule has 132 valence electrons. The first-order valence-electron chi connectivity index (χ1n) is 8.47. The van der Waals surface area contributed by atoms with Gasteiger partial charge < -0.3 is 5.11 Å². The highest BCUT2D eigenvalue weighted by atomic mass is 32.2. The number of carbonyl (C=O) groups is 1. The van der Waals surface area contributed by atoms with Crippen LogP contribution in [-0.4, -0.2) is 49.6 Å². The third-order valence-electron chi connectivity index (χ3n) is 4.94. The highest BCUT2D eigenvalue weighted by molar-refractivity contribution is 7.89. The summed E-state index contributed by atoms with van der Waals surface area (Å²) in [5.41, 5.74) is 1.21. The van der Waals surface area contributed by atoms with Crippen molar-refractivity contribution in [1.29, 1.82) is 0 Å². The van der Waals surface area contributed by atoms with E-state index in [1.165, 1.54) is 18.4 Å². The van der Waals surface area contributed by atoms with Gasteiger partial charge >= 0.3 is 5.97 Å². The van der Waals surface area contributed by atoms with Gasteiger partial charge in [-0.1, -0.05) is 19.1 Å². The smallest absolute Gasteiger partial charge is 0.317 e. The Morgan fingerprint density at radius 1 is 1.25 bits per heavy atom. The Kier molecular flexibility index (Phi) is 4.94. The molecule has 2 aliphatic carbocycles. The number of hydrogen-bond donors (Lipinski definition) is 2. The number of aliphatic carboxylic acids is 1. The van der Waals surface area contributed by atoms with Crippen LogP contribution in [0, 0.1) is 0 Å². The average Bonchev–Trinajstić information content (AvgIpc) is 3.33. The van der Waals surface area contributed by atoms with Crippen molar-refractivity contribution < 1.29 is 18.3 Å². The molecule has 0 unspecified atom stereocenters. The zero-order valence-electron chi connectivity index (χ0n) is 13.8. The van der Waals surface area contributed by atoms with Gasteiger partial charge in [-0.05, 0) is 55.8 Å². The van der Waals surface area contributed by atoms with E-state index < -0.39 is 16.0 Å². The van der Waals surface area contributed by atoms with Crippen molar-refractivity contribution in [3.8, 4) is 0 Å². The molecule has 6 nitrogen and oxygen atoms in total. The zero-order valence-corrected chi connectivity index (χ0v) is 14.6. The van der Waals surface area contributed by atoms with Gasteiger partial charge in [-0.2, -0.15) is 0 Å². The second kappa shape index (κ2) is 6.82. The van der Waals surface area contributed by atoms with Gasteiger partial charge in [0, 0.05) is 12.1 Å². The number of carboxylic acid groups (broad SMARTS) is 1. The maximum Gasteiger partial charge on any atom is 0.317 e. The van der Waals surface area contributed by atoms with Crippen molar-refractivity contribution in [1.82, 2.24) is 9.62 Å². The number of nitrogens with one attached hydrogen (secondary N) is 1. The lowest BCUT2D eigenvalue weighted by atomic mass is 9.86. The van der Waals surface area contributed by atoms with E-state index in [2.05, 4.69) is 4.72 Å². The zero-order chi connectivity index (χ0) is 17.3. The molecule has 24 heavy (non-hydrogen) atoms. The molecule has 1 aromatic carbocycles. The van der Waals surface area contributed by atoms with Crippen LogP contribution in [0.15, 0.2) is 29.2 Å². The summed E-state index contributed by atoms with van der Waals surface area (Å²) in [4.78, 5) is 13.0. The number of carboxylic acids is 1. The van der Waals surface area contributed by atoms with Crippen LogP contribution < -0.4 is 4.72 Å². The Hall–Kier alpha value is -1.44. The molecule has 0 heterocycles. The average molecular weight is 352 g/mol. The molecule has 0 amide bonds. The molecule has 0 radical (unpaired) electrons. The molecule has 0 spiro atoms. The molecule has 1 aromatic rings. The van der Waals surface area contributed by atoms with Crippen LogP contribution in [0.2, 0.25) is 0 Å². The molecule has 0 aliphatic heterocycles. The maximum absolute atomic E-state index is 12.4. The lowest BCUT2D eigenvalue weighted by molar-refractivity contribution is -0.139. The summed E-state index contributed by atoms with van der Waals surface area (Å²) >= 11 is 0. The van der Waals surface area contributed by atoms with E-state index in [1.54, 1.807) is 12.1 Å². The highest BCUT2D eigenvalue weighted by Crippen LogP contribution is 2.40. The monoisotopic (exact) mass is 352 g/mol. The fourth-order valence-electron chi connectivity index (χ4n) is 3.28. The number of hydrogen-bond acceptors (Lipinski definition) is 4. The minimum atomic E-state index is -3.51. The molecule has 0 atom stereocenters. The number of likely N-dealkylation sites (N-methyl/N-ethyl adjacent to an activating group) is 1. The molecule has 0 saturated heterocycles. The van der Waals surface area contributed by atoms with E-state index in [9.17, 15) is 13.2 Å². The Morgan fingerprint density at radius 3 is 2.38 bits per heavy atom. The Bertz CT molecular complexity index is 692. The first-order valence-corrected chi connectivity index (χ1v) is 9.95. The van der Waals surface area contributed by atoms with Gasteiger partial charge in [-0.3, -0.25) is 9.69 Å². The normalized spacial score (nSPS) is 23.9. The third kappa shape index (κ3) is 3.96. The number of sulfonamides is 1. The number of rotatable bonds is 8. The molecule has 2 fully saturated rings. The molecule has 2 N–H and O–H groups in total. The predicted molar refractivity (Wildman–Crippen MR) is 90.4 cm³/mol. The minimum Gasteiger partial charge on any atom is -0.480 e. The first kappa shape index (κ1) is 17.4. The summed E-state index contributed by atoms with van der Waals surface area (Å²) in [6.45, 7) is 2.57. The van der Waals surface area contributed by atoms with Crippen LogP contribution in [0.3, 0.4) is 0 Å². The lowest BCUT2D eigenvalue weighted by Gasteiger charge is -2.42. The fourth-order valence-corrected chi connectivity index (χ4v) is 4.54. The van der Waals surface area contributed by atoms with Crippen molar-refractivity contribution in [2.24, 2.45) is 0 Å². The Balaban J connectivity index is 1.55. The molecule has 3 rings (SSSR count). The van der Waals surface area contributed by atoms with Crippen LogP contribution in [0.4, 0.5) is 0 Å². The van der Waals surface area contributed by atoms with Gasteiger partial charge in [0.25, 0.3) is 0 Å². The minimum absolute atomic E-state index is 0.00324. The molecule has 2 saturated carbocycles. The van der Waals surface area contributed by atoms with Crippen LogP contribution in [0.25, 0.3) is 0 Å². The van der Waals surface area contributed by atoms with Gasteiger partial charge in [-0.15, -0.1) is 0 Å². The molecule has 2 aliphatic rings. The summed E-state index contributed by atoms with van der Waals surface area (Å²) in [5, 5.41) is 8.90. The highest BCUT2D eigenvalue weighted by Gasteiger charge is 2.36. The summed E-state index contributed by atoms with van der Waals surface area (Å²) < 4.78 is 27.6. The molecule has 0 aromatic heterocycles. The van der Waals surface area contributed by atoms with Gasteiger partial charge in [0.2, 0.25) is 10.0 Å². The van der Waals surface area contributed by atoms with E-state index in [1.807, 2.05) is 24.0 Å². The summed E-state index contributed by atoms with van der Waals surface area (Å²) in [6, 6.07) is 7.18. The quantitative estimate of drug-likeness (QED) is 0.745. The lowest BCUT2D eigenvalue weighted by Crippen LogP contribution is -2.54. The molecule has 0 bridgehead atoms. The van der Waals surface area contributed by atoms with E-state index in [4.69, 9.17) is 5.11 Å². The van der Waals surface area contributed by atoms with Crippen LogP contribution in [-0.2, 0) is 14.8 Å². The third-order valence-corrected chi connectivity index (χ3v) is 6.47. The second-order valence-electron chi connectivity index (χ2n) is 6.74. The number of benzene rings is 1. The standard InChI is InChI=1S/C17H24N2O4S/c1-2-19(11-17(20)21)15-9-14(10-15)18-24(22,23)16-7-5-13(6-8-16)12-3-4-12/h5-8,12,14-15,18H,2-4,9-11H2,1H3,(H,20,21). The van der Waals surface area contributed by atoms with Crippen molar-refractivity contribution in [2.45, 2.75) is 55.5 Å². The van der Waals surface area contributed by atoms with Gasteiger partial charge in [0.1, 0.15) is 0 Å². The Labute approximate surface area is 142 Å². The summed E-state index contributed by atoms with van der Waals surface area (Å²) in [7, 11) is -3.51. The van der Waals surface area contributed by atoms with Crippen LogP contribution >= 0.6 is 0 Å². The molecule has 7 heteroatoms. The van der Waals surface area contributed by atoms with Gasteiger partial charge in [-0.25, -0.2) is 13.1 Å². The molecular formula is C17H24N2O4S. The van der Waals surface area contributed by atoms with E-state index in [0.29, 0.717) is 30.2 Å². The van der Waals surface area contributed by atoms with E-state index >= 15 is 0 Å². The first-order chi connectivity index (χ1) is 11.4. The largest absolute Gasteiger partial charge is 0.480 e. The number of nitrogens with zero attached hydrogens (tertiary/aromatic N) is 1. The van der Waals surface area contributed by atoms with Crippen LogP contribution in [0.5, 0.6) is 0 Å². The van der Waals surface area contributed by atoms with Gasteiger partial charge in [0.05, 0.1) is 11.4 Å². The topological polar surface area (TPSA) is 86.7 Å². The summed E-state index contributed by atoms with van der Waals surface area (Å²) in [5.74, 6) is -0.243. The Morgan fingerprint density at radius 2 is 1.88 bits per heavy atom. The fraction of sp³-hybridized carbons (Fsp3) is 0.588. The SMILES string of the molecule is CCN(CC(=O)O)C1CC(NS(=O)(=O)c2ccc(C3CC3)cc2)C1. The van der Waals surface area contributed by atoms with Crippen molar-refractivity contribution in [3.05, 3.63) is 29.8 Å². The van der Waals surface area contributed by atoms with Crippen molar-refractivity contribution >= 4 is 16.0 Å². The maximum atomic E-state index is 12.4. The second-order valence-corrected chi connectivity index (χ2v) is 8.46. The molecular weight excluding hydrogens is 328 g/mol. The predicted octanol–water partition coefficient (Wildman–Crippen LogP) is 1.78. The van der Waals surface area contributed by atoms with E-state index in [0.717, 1.165) is 0 Å². The van der Waals surface area contributed by atoms with Crippen molar-refractivity contribution in [3.63, 3.8) is 0 Å². The summed E-state index contributed by atoms with van der Waals surface area (Å²) in [6.07, 6.45) is 3.69. The van der Waals surface area contributed by atoms with Crippen LogP contribution in [0.1, 0.15) is 44.1 Å². The van der Waals surface area contributed by atoms with E-state index in [-0.39, 0.29) is 18.6 Å². The van der Waals surface area contributed by atoms with Gasteiger partial charge in [0.15, 0.2) is 0 Å². The van der Waals surface area contributed by atoms with Crippen molar-refractivity contribution in [2.75, 3.05) is 13.1 Å².